The first-order valence-corrected chi connectivity index (χ1v) is 12.6. The maximum absolute atomic E-state index is 12.8. The van der Waals surface area contributed by atoms with Gasteiger partial charge in [0.15, 0.2) is 0 Å². The molecule has 2 aromatic heterocycles. The molecule has 1 aliphatic heterocycles. The summed E-state index contributed by atoms with van der Waals surface area (Å²) in [5.74, 6) is 1.33. The van der Waals surface area contributed by atoms with Crippen molar-refractivity contribution in [2.45, 2.75) is 18.1 Å². The molecular weight excluding hydrogens is 486 g/mol. The van der Waals surface area contributed by atoms with Crippen molar-refractivity contribution in [3.8, 4) is 0 Å². The second-order valence-corrected chi connectivity index (χ2v) is 11.8. The van der Waals surface area contributed by atoms with E-state index in [-0.39, 0.29) is 0 Å². The van der Waals surface area contributed by atoms with Gasteiger partial charge < -0.3 is 10.2 Å². The molecule has 1 fully saturated rings. The van der Waals surface area contributed by atoms with Crippen molar-refractivity contribution in [1.29, 1.82) is 0 Å². The van der Waals surface area contributed by atoms with E-state index in [4.69, 9.17) is 0 Å². The number of aryl methyl sites for hydroxylation is 2. The van der Waals surface area contributed by atoms with E-state index >= 15 is 0 Å². The number of halogens is 1. The first-order valence-electron chi connectivity index (χ1n) is 9.51. The lowest BCUT2D eigenvalue weighted by Crippen LogP contribution is -2.49. The summed E-state index contributed by atoms with van der Waals surface area (Å²) in [4.78, 5) is 11.3. The van der Waals surface area contributed by atoms with Crippen LogP contribution in [0.4, 0.5) is 17.5 Å². The molecule has 0 amide bonds. The van der Waals surface area contributed by atoms with Gasteiger partial charge >= 0.3 is 0 Å². The molecule has 10 heteroatoms. The van der Waals surface area contributed by atoms with Crippen LogP contribution in [0.25, 0.3) is 0 Å². The Balaban J connectivity index is 1.47. The number of piperazine rings is 1. The van der Waals surface area contributed by atoms with E-state index in [1.807, 2.05) is 49.1 Å². The molecule has 1 saturated heterocycles. The Morgan fingerprint density at radius 2 is 1.70 bits per heavy atom. The van der Waals surface area contributed by atoms with Gasteiger partial charge in [0, 0.05) is 43.6 Å². The van der Waals surface area contributed by atoms with Crippen LogP contribution in [0.2, 0.25) is 0 Å². The summed E-state index contributed by atoms with van der Waals surface area (Å²) >= 11 is 4.57. The zero-order valence-corrected chi connectivity index (χ0v) is 19.9. The van der Waals surface area contributed by atoms with Crippen molar-refractivity contribution < 1.29 is 8.42 Å². The lowest BCUT2D eigenvalue weighted by Gasteiger charge is -2.33. The van der Waals surface area contributed by atoms with Gasteiger partial charge in [0.25, 0.3) is 10.0 Å². The number of hydrogen-bond acceptors (Lipinski definition) is 7. The number of sulfonamides is 1. The minimum Gasteiger partial charge on any atom is -0.340 e. The smallest absolute Gasteiger partial charge is 0.252 e. The molecule has 1 aliphatic rings. The quantitative estimate of drug-likeness (QED) is 0.558. The van der Waals surface area contributed by atoms with Gasteiger partial charge in [-0.15, -0.1) is 11.3 Å². The van der Waals surface area contributed by atoms with Crippen LogP contribution in [-0.2, 0) is 10.0 Å². The van der Waals surface area contributed by atoms with Crippen molar-refractivity contribution in [2.75, 3.05) is 36.4 Å². The van der Waals surface area contributed by atoms with Crippen LogP contribution in [0.3, 0.4) is 0 Å². The first-order chi connectivity index (χ1) is 14.3. The maximum atomic E-state index is 12.8. The second-order valence-electron chi connectivity index (χ2n) is 7.14. The molecule has 3 aromatic rings. The standard InChI is InChI=1S/C20H22BrN5O2S2/c1-14-3-5-16(6-4-14)23-18-13-15(2)22-20(24-18)25-9-11-26(12-10-25)30(27,28)19-8-7-17(21)29-19/h3-8,13H,9-12H2,1-2H3,(H,22,23,24). The first kappa shape index (κ1) is 21.2. The van der Waals surface area contributed by atoms with Crippen molar-refractivity contribution in [1.82, 2.24) is 14.3 Å². The Labute approximate surface area is 189 Å². The third-order valence-electron chi connectivity index (χ3n) is 4.83. The summed E-state index contributed by atoms with van der Waals surface area (Å²) in [6.07, 6.45) is 0. The van der Waals surface area contributed by atoms with Crippen molar-refractivity contribution >= 4 is 54.7 Å². The molecule has 0 saturated carbocycles. The fraction of sp³-hybridized carbons (Fsp3) is 0.300. The van der Waals surface area contributed by atoms with Gasteiger partial charge in [-0.25, -0.2) is 13.4 Å². The summed E-state index contributed by atoms with van der Waals surface area (Å²) in [7, 11) is -3.47. The fourth-order valence-corrected chi connectivity index (χ4v) is 6.82. The van der Waals surface area contributed by atoms with E-state index in [2.05, 4.69) is 31.2 Å². The number of hydrogen-bond donors (Lipinski definition) is 1. The highest BCUT2D eigenvalue weighted by Gasteiger charge is 2.30. The zero-order chi connectivity index (χ0) is 21.3. The van der Waals surface area contributed by atoms with Crippen LogP contribution in [0, 0.1) is 13.8 Å². The van der Waals surface area contributed by atoms with Crippen molar-refractivity contribution in [2.24, 2.45) is 0 Å². The molecule has 0 radical (unpaired) electrons. The fourth-order valence-electron chi connectivity index (χ4n) is 3.24. The van der Waals surface area contributed by atoms with Gasteiger partial charge in [-0.05, 0) is 54.0 Å². The Kier molecular flexibility index (Phi) is 6.10. The lowest BCUT2D eigenvalue weighted by atomic mass is 10.2. The SMILES string of the molecule is Cc1ccc(Nc2cc(C)nc(N3CCN(S(=O)(=O)c4ccc(Br)s4)CC3)n2)cc1. The van der Waals surface area contributed by atoms with Gasteiger partial charge in [-0.1, -0.05) is 17.7 Å². The minimum absolute atomic E-state index is 0.360. The molecule has 0 atom stereocenters. The van der Waals surface area contributed by atoms with Gasteiger partial charge in [-0.2, -0.15) is 9.29 Å². The molecule has 158 valence electrons. The number of aromatic nitrogens is 2. The van der Waals surface area contributed by atoms with Crippen molar-refractivity contribution in [3.63, 3.8) is 0 Å². The minimum atomic E-state index is -3.47. The molecule has 0 spiro atoms. The third-order valence-corrected chi connectivity index (χ3v) is 8.82. The Morgan fingerprint density at radius 1 is 1.00 bits per heavy atom. The average molecular weight is 508 g/mol. The molecule has 1 N–H and O–H groups in total. The van der Waals surface area contributed by atoms with E-state index in [1.54, 1.807) is 12.1 Å². The van der Waals surface area contributed by atoms with Crippen LogP contribution >= 0.6 is 27.3 Å². The molecule has 0 unspecified atom stereocenters. The molecule has 3 heterocycles. The van der Waals surface area contributed by atoms with Crippen LogP contribution < -0.4 is 10.2 Å². The highest BCUT2D eigenvalue weighted by Crippen LogP contribution is 2.29. The predicted octanol–water partition coefficient (Wildman–Crippen LogP) is 4.17. The number of benzene rings is 1. The topological polar surface area (TPSA) is 78.4 Å². The maximum Gasteiger partial charge on any atom is 0.252 e. The van der Waals surface area contributed by atoms with Crippen LogP contribution in [0.5, 0.6) is 0 Å². The van der Waals surface area contributed by atoms with Gasteiger partial charge in [0.1, 0.15) is 10.0 Å². The Bertz CT molecular complexity index is 1140. The van der Waals surface area contributed by atoms with E-state index in [1.165, 1.54) is 21.2 Å². The summed E-state index contributed by atoms with van der Waals surface area (Å²) in [5, 5.41) is 3.32. The molecule has 1 aromatic carbocycles. The summed E-state index contributed by atoms with van der Waals surface area (Å²) in [6, 6.07) is 13.4. The normalized spacial score (nSPS) is 15.4. The highest BCUT2D eigenvalue weighted by atomic mass is 79.9. The number of thiophene rings is 1. The lowest BCUT2D eigenvalue weighted by molar-refractivity contribution is 0.383. The molecule has 4 rings (SSSR count). The molecule has 0 bridgehead atoms. The van der Waals surface area contributed by atoms with Crippen LogP contribution in [0.1, 0.15) is 11.3 Å². The largest absolute Gasteiger partial charge is 0.340 e. The number of rotatable bonds is 5. The van der Waals surface area contributed by atoms with E-state index in [9.17, 15) is 8.42 Å². The molecule has 7 nitrogen and oxygen atoms in total. The molecule has 0 aliphatic carbocycles. The number of nitrogens with zero attached hydrogens (tertiary/aromatic N) is 4. The summed E-state index contributed by atoms with van der Waals surface area (Å²) in [6.45, 7) is 5.86. The number of nitrogens with one attached hydrogen (secondary N) is 1. The summed E-state index contributed by atoms with van der Waals surface area (Å²) in [5.41, 5.74) is 3.01. The van der Waals surface area contributed by atoms with E-state index < -0.39 is 10.0 Å². The summed E-state index contributed by atoms with van der Waals surface area (Å²) < 4.78 is 28.4. The zero-order valence-electron chi connectivity index (χ0n) is 16.7. The average Bonchev–Trinajstić information content (AvgIpc) is 3.17. The Morgan fingerprint density at radius 3 is 2.33 bits per heavy atom. The monoisotopic (exact) mass is 507 g/mol. The van der Waals surface area contributed by atoms with Gasteiger partial charge in [0.05, 0.1) is 3.79 Å². The van der Waals surface area contributed by atoms with Crippen LogP contribution in [0.15, 0.2) is 50.5 Å². The van der Waals surface area contributed by atoms with Gasteiger partial charge in [0.2, 0.25) is 5.95 Å². The second kappa shape index (κ2) is 8.62. The van der Waals surface area contributed by atoms with Crippen molar-refractivity contribution in [3.05, 3.63) is 57.5 Å². The van der Waals surface area contributed by atoms with E-state index in [0.29, 0.717) is 36.3 Å². The predicted molar refractivity (Wildman–Crippen MR) is 124 cm³/mol. The Hall–Kier alpha value is -2.01. The van der Waals surface area contributed by atoms with E-state index in [0.717, 1.165) is 21.0 Å². The number of anilines is 3. The molecular formula is C20H22BrN5O2S2. The highest BCUT2D eigenvalue weighted by molar-refractivity contribution is 9.11. The van der Waals surface area contributed by atoms with Crippen LogP contribution in [-0.4, -0.2) is 48.9 Å². The third kappa shape index (κ3) is 4.66. The molecule has 30 heavy (non-hydrogen) atoms. The van der Waals surface area contributed by atoms with Gasteiger partial charge in [-0.3, -0.25) is 0 Å².